The maximum atomic E-state index is 14.4. The quantitative estimate of drug-likeness (QED) is 0.487. The molecular weight excluding hydrogens is 473 g/mol. The van der Waals surface area contributed by atoms with Gasteiger partial charge in [-0.1, -0.05) is 11.6 Å². The maximum absolute atomic E-state index is 14.4. The van der Waals surface area contributed by atoms with Crippen molar-refractivity contribution in [1.82, 2.24) is 25.0 Å². The minimum Gasteiger partial charge on any atom is -0.478 e. The molecule has 11 heteroatoms. The third-order valence-corrected chi connectivity index (χ3v) is 6.19. The molecule has 1 saturated heterocycles. The predicted octanol–water partition coefficient (Wildman–Crippen LogP) is 2.90. The van der Waals surface area contributed by atoms with Crippen LogP contribution >= 0.6 is 11.6 Å². The highest BCUT2D eigenvalue weighted by atomic mass is 35.5. The van der Waals surface area contributed by atoms with Crippen molar-refractivity contribution in [2.75, 3.05) is 52.2 Å². The molecule has 2 aromatic heterocycles. The first-order chi connectivity index (χ1) is 16.8. The van der Waals surface area contributed by atoms with Crippen LogP contribution in [0, 0.1) is 5.82 Å². The van der Waals surface area contributed by atoms with Gasteiger partial charge in [0.25, 0.3) is 5.88 Å². The van der Waals surface area contributed by atoms with E-state index in [0.29, 0.717) is 28.6 Å². The van der Waals surface area contributed by atoms with Crippen molar-refractivity contribution >= 4 is 28.9 Å². The van der Waals surface area contributed by atoms with Gasteiger partial charge in [0.15, 0.2) is 0 Å². The Balaban J connectivity index is 1.59. The van der Waals surface area contributed by atoms with Crippen LogP contribution in [0.5, 0.6) is 5.88 Å². The van der Waals surface area contributed by atoms with Gasteiger partial charge in [-0.25, -0.2) is 4.39 Å². The molecule has 1 amide bonds. The molecule has 1 aliphatic heterocycles. The monoisotopic (exact) mass is 499 g/mol. The first kappa shape index (κ1) is 24.8. The Kier molecular flexibility index (Phi) is 7.74. The fourth-order valence-corrected chi connectivity index (χ4v) is 4.11. The highest BCUT2D eigenvalue weighted by Crippen LogP contribution is 2.32. The third-order valence-electron chi connectivity index (χ3n) is 5.95. The number of carbonyl (C=O) groups is 1. The summed E-state index contributed by atoms with van der Waals surface area (Å²) >= 11 is 6.04. The largest absolute Gasteiger partial charge is 0.478 e. The highest BCUT2D eigenvalue weighted by molar-refractivity contribution is 6.30. The number of ether oxygens (including phenoxy) is 1. The van der Waals surface area contributed by atoms with Crippen LogP contribution in [0.15, 0.2) is 42.6 Å². The molecule has 1 fully saturated rings. The van der Waals surface area contributed by atoms with E-state index in [-0.39, 0.29) is 17.1 Å². The number of carbonyl (C=O) groups excluding carboxylic acids is 1. The van der Waals surface area contributed by atoms with E-state index in [4.69, 9.17) is 22.1 Å². The second kappa shape index (κ2) is 10.9. The van der Waals surface area contributed by atoms with Crippen molar-refractivity contribution < 1.29 is 13.9 Å². The molecule has 0 spiro atoms. The number of piperazine rings is 1. The van der Waals surface area contributed by atoms with Gasteiger partial charge in [0.2, 0.25) is 5.91 Å². The zero-order chi connectivity index (χ0) is 24.9. The average molecular weight is 500 g/mol. The summed E-state index contributed by atoms with van der Waals surface area (Å²) in [6.45, 7) is 4.09. The Morgan fingerprint density at radius 2 is 1.97 bits per heavy atom. The highest BCUT2D eigenvalue weighted by Gasteiger charge is 2.25. The summed E-state index contributed by atoms with van der Waals surface area (Å²) in [5.74, 6) is -1.25. The number of halogens is 2. The summed E-state index contributed by atoms with van der Waals surface area (Å²) in [5, 5.41) is 11.7. The number of aromatic nitrogens is 3. The zero-order valence-corrected chi connectivity index (χ0v) is 20.3. The van der Waals surface area contributed by atoms with Crippen LogP contribution < -0.4 is 15.8 Å². The minimum absolute atomic E-state index is 0.215. The van der Waals surface area contributed by atoms with Crippen molar-refractivity contribution in [3.8, 4) is 17.1 Å². The summed E-state index contributed by atoms with van der Waals surface area (Å²) in [6, 6.07) is 9.36. The molecule has 35 heavy (non-hydrogen) atoms. The van der Waals surface area contributed by atoms with Crippen LogP contribution in [0.4, 0.5) is 15.8 Å². The standard InChI is InChI=1S/C24H27ClFN7O2/c1-32-7-9-33(10-8-32)14-18(23(27)34)20-12-16(5-6-28-20)29-22-13-21(30-31-24(22)35-2)17-11-15(25)3-4-19(17)26/h3-6,11-13,18H,7-10,14H2,1-2H3,(H2,27,34)(H,28,29,30). The van der Waals surface area contributed by atoms with E-state index in [1.807, 2.05) is 0 Å². The molecule has 3 heterocycles. The van der Waals surface area contributed by atoms with Crippen LogP contribution in [0.1, 0.15) is 11.6 Å². The molecule has 1 unspecified atom stereocenters. The van der Waals surface area contributed by atoms with Gasteiger partial charge in [0.1, 0.15) is 11.5 Å². The van der Waals surface area contributed by atoms with E-state index in [0.717, 1.165) is 26.2 Å². The molecule has 3 aromatic rings. The van der Waals surface area contributed by atoms with Crippen LogP contribution in [-0.2, 0) is 4.79 Å². The number of primary amides is 1. The number of rotatable bonds is 8. The molecule has 0 radical (unpaired) electrons. The lowest BCUT2D eigenvalue weighted by molar-refractivity contribution is -0.120. The van der Waals surface area contributed by atoms with Gasteiger partial charge >= 0.3 is 0 Å². The number of anilines is 2. The number of nitrogens with zero attached hydrogens (tertiary/aromatic N) is 5. The Hall–Kier alpha value is -3.34. The molecule has 9 nitrogen and oxygen atoms in total. The van der Waals surface area contributed by atoms with Crippen molar-refractivity contribution in [3.63, 3.8) is 0 Å². The number of likely N-dealkylation sites (N-methyl/N-ethyl adjacent to an activating group) is 1. The lowest BCUT2D eigenvalue weighted by atomic mass is 10.0. The van der Waals surface area contributed by atoms with E-state index >= 15 is 0 Å². The van der Waals surface area contributed by atoms with E-state index < -0.39 is 17.6 Å². The fraction of sp³-hybridized carbons (Fsp3) is 0.333. The topological polar surface area (TPSA) is 110 Å². The normalized spacial score (nSPS) is 15.5. The van der Waals surface area contributed by atoms with E-state index in [2.05, 4.69) is 37.3 Å². The molecule has 184 valence electrons. The molecule has 0 bridgehead atoms. The van der Waals surface area contributed by atoms with Gasteiger partial charge in [-0.05, 0) is 43.4 Å². The van der Waals surface area contributed by atoms with Crippen LogP contribution in [0.25, 0.3) is 11.3 Å². The molecule has 0 aliphatic carbocycles. The van der Waals surface area contributed by atoms with Crippen LogP contribution in [0.2, 0.25) is 5.02 Å². The van der Waals surface area contributed by atoms with E-state index in [9.17, 15) is 9.18 Å². The number of nitrogens with one attached hydrogen (secondary N) is 1. The van der Waals surface area contributed by atoms with E-state index in [1.165, 1.54) is 25.3 Å². The average Bonchev–Trinajstić information content (AvgIpc) is 2.85. The predicted molar refractivity (Wildman–Crippen MR) is 132 cm³/mol. The fourth-order valence-electron chi connectivity index (χ4n) is 3.94. The number of hydrogen-bond donors (Lipinski definition) is 2. The smallest absolute Gasteiger partial charge is 0.257 e. The summed E-state index contributed by atoms with van der Waals surface area (Å²) in [5.41, 5.74) is 7.91. The molecule has 4 rings (SSSR count). The first-order valence-electron chi connectivity index (χ1n) is 11.1. The third kappa shape index (κ3) is 6.02. The Morgan fingerprint density at radius 1 is 1.20 bits per heavy atom. The number of nitrogens with two attached hydrogens (primary N) is 1. The summed E-state index contributed by atoms with van der Waals surface area (Å²) in [6.07, 6.45) is 1.61. The molecule has 1 aliphatic rings. The van der Waals surface area contributed by atoms with Crippen molar-refractivity contribution in [2.45, 2.75) is 5.92 Å². The number of benzene rings is 1. The number of amides is 1. The molecule has 3 N–H and O–H groups in total. The summed E-state index contributed by atoms with van der Waals surface area (Å²) in [7, 11) is 3.54. The summed E-state index contributed by atoms with van der Waals surface area (Å²) < 4.78 is 19.7. The molecule has 0 saturated carbocycles. The van der Waals surface area contributed by atoms with Gasteiger partial charge in [-0.15, -0.1) is 10.2 Å². The Morgan fingerprint density at radius 3 is 2.69 bits per heavy atom. The lowest BCUT2D eigenvalue weighted by Crippen LogP contribution is -2.47. The minimum atomic E-state index is -0.561. The molecule has 1 aromatic carbocycles. The second-order valence-corrected chi connectivity index (χ2v) is 8.87. The van der Waals surface area contributed by atoms with E-state index in [1.54, 1.807) is 24.4 Å². The van der Waals surface area contributed by atoms with Gasteiger partial charge < -0.3 is 20.7 Å². The van der Waals surface area contributed by atoms with Gasteiger partial charge in [0, 0.05) is 55.2 Å². The Labute approximate surface area is 208 Å². The van der Waals surface area contributed by atoms with Crippen molar-refractivity contribution in [2.24, 2.45) is 5.73 Å². The summed E-state index contributed by atoms with van der Waals surface area (Å²) in [4.78, 5) is 21.2. The Bertz CT molecular complexity index is 1200. The van der Waals surface area contributed by atoms with Crippen molar-refractivity contribution in [1.29, 1.82) is 0 Å². The van der Waals surface area contributed by atoms with Crippen LogP contribution in [-0.4, -0.2) is 77.8 Å². The van der Waals surface area contributed by atoms with Gasteiger partial charge in [-0.2, -0.15) is 0 Å². The van der Waals surface area contributed by atoms with Gasteiger partial charge in [-0.3, -0.25) is 14.7 Å². The maximum Gasteiger partial charge on any atom is 0.257 e. The zero-order valence-electron chi connectivity index (χ0n) is 19.5. The van der Waals surface area contributed by atoms with Crippen LogP contribution in [0.3, 0.4) is 0 Å². The number of pyridine rings is 1. The molecule has 1 atom stereocenters. The second-order valence-electron chi connectivity index (χ2n) is 8.43. The number of methoxy groups -OCH3 is 1. The number of hydrogen-bond acceptors (Lipinski definition) is 8. The SMILES string of the molecule is COc1nnc(-c2cc(Cl)ccc2F)cc1Nc1ccnc(C(CN2CCN(C)CC2)C(N)=O)c1. The first-order valence-corrected chi connectivity index (χ1v) is 11.5. The molecular formula is C24H27ClFN7O2. The van der Waals surface area contributed by atoms with Crippen molar-refractivity contribution in [3.05, 3.63) is 59.1 Å². The lowest BCUT2D eigenvalue weighted by Gasteiger charge is -2.33. The van der Waals surface area contributed by atoms with Gasteiger partial charge in [0.05, 0.1) is 24.4 Å².